The van der Waals surface area contributed by atoms with Crippen LogP contribution in [-0.4, -0.2) is 23.6 Å². The number of alkyl halides is 3. The van der Waals surface area contributed by atoms with Gasteiger partial charge in [0.1, 0.15) is 0 Å². The number of hydrazine groups is 1. The van der Waals surface area contributed by atoms with Crippen LogP contribution in [0.5, 0.6) is 0 Å². The lowest BCUT2D eigenvalue weighted by Gasteiger charge is -2.32. The van der Waals surface area contributed by atoms with Gasteiger partial charge in [0.15, 0.2) is 6.04 Å². The Morgan fingerprint density at radius 3 is 2.29 bits per heavy atom. The summed E-state index contributed by atoms with van der Waals surface area (Å²) in [5.41, 5.74) is 3.44. The standard InChI is InChI=1S/C25H33F3N2O/c1-2-3-4-5-6-7-8-9-13-20-16-15-19-12-10-11-14-21(19)23(20)24(25(26,27)28)30-18-17-22(31)29-30/h10-12,14-16,24H,2-9,13,17-18H2,1H3,(H,29,31)/t24-/m0/s1. The highest BCUT2D eigenvalue weighted by Crippen LogP contribution is 2.42. The van der Waals surface area contributed by atoms with Crippen molar-refractivity contribution in [3.8, 4) is 0 Å². The molecule has 2 aromatic carbocycles. The summed E-state index contributed by atoms with van der Waals surface area (Å²) < 4.78 is 42.9. The van der Waals surface area contributed by atoms with E-state index in [0.29, 0.717) is 11.8 Å². The van der Waals surface area contributed by atoms with Crippen molar-refractivity contribution < 1.29 is 18.0 Å². The van der Waals surface area contributed by atoms with Crippen LogP contribution in [-0.2, 0) is 11.2 Å². The van der Waals surface area contributed by atoms with Gasteiger partial charge in [0.25, 0.3) is 0 Å². The van der Waals surface area contributed by atoms with Crippen LogP contribution in [0.15, 0.2) is 36.4 Å². The molecule has 1 saturated heterocycles. The summed E-state index contributed by atoms with van der Waals surface area (Å²) >= 11 is 0. The fraction of sp³-hybridized carbons (Fsp3) is 0.560. The number of carbonyl (C=O) groups excluding carboxylic acids is 1. The van der Waals surface area contributed by atoms with Gasteiger partial charge in [-0.15, -0.1) is 0 Å². The number of nitrogens with one attached hydrogen (secondary N) is 1. The van der Waals surface area contributed by atoms with E-state index in [-0.39, 0.29) is 24.4 Å². The van der Waals surface area contributed by atoms with E-state index in [2.05, 4.69) is 12.3 Å². The number of fused-ring (bicyclic) bond motifs is 1. The van der Waals surface area contributed by atoms with E-state index in [1.807, 2.05) is 24.3 Å². The molecule has 0 unspecified atom stereocenters. The molecule has 3 rings (SSSR count). The molecule has 0 bridgehead atoms. The number of hydrogen-bond acceptors (Lipinski definition) is 2. The summed E-state index contributed by atoms with van der Waals surface area (Å²) in [5, 5.41) is 2.47. The molecule has 1 aliphatic rings. The molecule has 0 saturated carbocycles. The highest BCUT2D eigenvalue weighted by atomic mass is 19.4. The highest BCUT2D eigenvalue weighted by molar-refractivity contribution is 5.87. The van der Waals surface area contributed by atoms with Gasteiger partial charge in [0.05, 0.1) is 0 Å². The first-order valence-corrected chi connectivity index (χ1v) is 11.5. The van der Waals surface area contributed by atoms with Crippen molar-refractivity contribution in [3.05, 3.63) is 47.5 Å². The van der Waals surface area contributed by atoms with Gasteiger partial charge in [0.2, 0.25) is 5.91 Å². The van der Waals surface area contributed by atoms with Gasteiger partial charge >= 0.3 is 6.18 Å². The normalized spacial score (nSPS) is 16.1. The Balaban J connectivity index is 1.81. The van der Waals surface area contributed by atoms with E-state index >= 15 is 0 Å². The third-order valence-corrected chi connectivity index (χ3v) is 6.10. The smallest absolute Gasteiger partial charge is 0.288 e. The predicted octanol–water partition coefficient (Wildman–Crippen LogP) is 6.86. The number of amides is 1. The van der Waals surface area contributed by atoms with Crippen LogP contribution < -0.4 is 5.43 Å². The summed E-state index contributed by atoms with van der Waals surface area (Å²) in [6.07, 6.45) is 5.41. The molecule has 1 heterocycles. The van der Waals surface area contributed by atoms with Gasteiger partial charge in [-0.25, -0.2) is 5.01 Å². The maximum Gasteiger partial charge on any atom is 0.409 e. The Bertz CT molecular complexity index is 865. The molecule has 1 N–H and O–H groups in total. The van der Waals surface area contributed by atoms with Crippen LogP contribution in [0.3, 0.4) is 0 Å². The van der Waals surface area contributed by atoms with Gasteiger partial charge in [-0.3, -0.25) is 10.2 Å². The lowest BCUT2D eigenvalue weighted by molar-refractivity contribution is -0.190. The van der Waals surface area contributed by atoms with Crippen LogP contribution in [0.1, 0.15) is 81.9 Å². The minimum atomic E-state index is -4.49. The van der Waals surface area contributed by atoms with E-state index in [4.69, 9.17) is 0 Å². The molecule has 1 aliphatic heterocycles. The lowest BCUT2D eigenvalue weighted by Crippen LogP contribution is -2.44. The summed E-state index contributed by atoms with van der Waals surface area (Å²) in [7, 11) is 0. The van der Waals surface area contributed by atoms with Gasteiger partial charge in [-0.1, -0.05) is 88.3 Å². The lowest BCUT2D eigenvalue weighted by atomic mass is 9.90. The summed E-state index contributed by atoms with van der Waals surface area (Å²) in [4.78, 5) is 11.7. The average molecular weight is 435 g/mol. The molecule has 1 atom stereocenters. The Hall–Kier alpha value is -2.08. The van der Waals surface area contributed by atoms with E-state index in [1.165, 1.54) is 32.1 Å². The maximum atomic E-state index is 14.3. The number of hydrogen-bond donors (Lipinski definition) is 1. The zero-order valence-corrected chi connectivity index (χ0v) is 18.3. The van der Waals surface area contributed by atoms with Gasteiger partial charge in [-0.2, -0.15) is 13.2 Å². The monoisotopic (exact) mass is 434 g/mol. The SMILES string of the molecule is CCCCCCCCCCc1ccc2ccccc2c1[C@H](N1CCC(=O)N1)C(F)(F)F. The van der Waals surface area contributed by atoms with E-state index in [0.717, 1.165) is 35.2 Å². The summed E-state index contributed by atoms with van der Waals surface area (Å²) in [5.74, 6) is -0.362. The van der Waals surface area contributed by atoms with Gasteiger partial charge < -0.3 is 0 Å². The fourth-order valence-corrected chi connectivity index (χ4v) is 4.51. The fourth-order valence-electron chi connectivity index (χ4n) is 4.51. The van der Waals surface area contributed by atoms with Crippen molar-refractivity contribution >= 4 is 16.7 Å². The number of unbranched alkanes of at least 4 members (excludes halogenated alkanes) is 7. The van der Waals surface area contributed by atoms with E-state index < -0.39 is 12.2 Å². The number of nitrogens with zero attached hydrogens (tertiary/aromatic N) is 1. The Kier molecular flexibility index (Phi) is 8.35. The van der Waals surface area contributed by atoms with Crippen LogP contribution in [0.25, 0.3) is 10.8 Å². The molecular formula is C25H33F3N2O. The second-order valence-corrected chi connectivity index (χ2v) is 8.51. The predicted molar refractivity (Wildman–Crippen MR) is 119 cm³/mol. The van der Waals surface area contributed by atoms with Crippen LogP contribution >= 0.6 is 0 Å². The quantitative estimate of drug-likeness (QED) is 0.392. The van der Waals surface area contributed by atoms with Gasteiger partial charge in [0, 0.05) is 13.0 Å². The number of benzene rings is 2. The summed E-state index contributed by atoms with van der Waals surface area (Å²) in [6.45, 7) is 2.26. The van der Waals surface area contributed by atoms with Crippen LogP contribution in [0.2, 0.25) is 0 Å². The minimum absolute atomic E-state index is 0.0590. The molecule has 0 aromatic heterocycles. The Morgan fingerprint density at radius 1 is 0.968 bits per heavy atom. The maximum absolute atomic E-state index is 14.3. The number of rotatable bonds is 11. The Morgan fingerprint density at radius 2 is 1.65 bits per heavy atom. The second-order valence-electron chi connectivity index (χ2n) is 8.51. The van der Waals surface area contributed by atoms with Crippen molar-refractivity contribution in [3.63, 3.8) is 0 Å². The molecule has 0 radical (unpaired) electrons. The molecule has 31 heavy (non-hydrogen) atoms. The molecule has 2 aromatic rings. The zero-order valence-electron chi connectivity index (χ0n) is 18.3. The number of aryl methyl sites for hydroxylation is 1. The topological polar surface area (TPSA) is 32.3 Å². The molecule has 0 spiro atoms. The first-order valence-electron chi connectivity index (χ1n) is 11.5. The molecule has 0 aliphatic carbocycles. The van der Waals surface area contributed by atoms with Crippen molar-refractivity contribution in [2.45, 2.75) is 83.4 Å². The molecule has 170 valence electrons. The van der Waals surface area contributed by atoms with E-state index in [1.54, 1.807) is 12.1 Å². The van der Waals surface area contributed by atoms with Crippen LogP contribution in [0.4, 0.5) is 13.2 Å². The molecule has 1 fully saturated rings. The van der Waals surface area contributed by atoms with Crippen molar-refractivity contribution in [2.24, 2.45) is 0 Å². The summed E-state index contributed by atoms with van der Waals surface area (Å²) in [6, 6.07) is 9.14. The number of carbonyl (C=O) groups is 1. The molecule has 3 nitrogen and oxygen atoms in total. The number of halogens is 3. The molecular weight excluding hydrogens is 401 g/mol. The van der Waals surface area contributed by atoms with Crippen LogP contribution in [0, 0.1) is 0 Å². The highest BCUT2D eigenvalue weighted by Gasteiger charge is 2.48. The van der Waals surface area contributed by atoms with E-state index in [9.17, 15) is 18.0 Å². The third-order valence-electron chi connectivity index (χ3n) is 6.10. The second kappa shape index (κ2) is 11.0. The zero-order chi connectivity index (χ0) is 22.3. The molecule has 1 amide bonds. The Labute approximate surface area is 183 Å². The average Bonchev–Trinajstić information content (AvgIpc) is 3.15. The first kappa shape index (κ1) is 23.6. The van der Waals surface area contributed by atoms with Crippen molar-refractivity contribution in [2.75, 3.05) is 6.54 Å². The minimum Gasteiger partial charge on any atom is -0.288 e. The van der Waals surface area contributed by atoms with Crippen molar-refractivity contribution in [1.29, 1.82) is 0 Å². The third kappa shape index (κ3) is 6.22. The van der Waals surface area contributed by atoms with Gasteiger partial charge in [-0.05, 0) is 34.7 Å². The molecule has 6 heteroatoms. The first-order chi connectivity index (χ1) is 14.9. The largest absolute Gasteiger partial charge is 0.409 e. The van der Waals surface area contributed by atoms with Crippen molar-refractivity contribution in [1.82, 2.24) is 10.4 Å².